The number of benzene rings is 1. The second-order valence-corrected chi connectivity index (χ2v) is 8.97. The van der Waals surface area contributed by atoms with Crippen LogP contribution in [-0.2, 0) is 4.74 Å². The van der Waals surface area contributed by atoms with Crippen LogP contribution >= 0.6 is 11.3 Å². The smallest absolute Gasteiger partial charge is 0.348 e. The number of carbonyl (C=O) groups is 1. The van der Waals surface area contributed by atoms with Crippen LogP contribution in [0.1, 0.15) is 61.2 Å². The molecule has 0 saturated heterocycles. The maximum absolute atomic E-state index is 12.8. The molecule has 6 nitrogen and oxygen atoms in total. The Morgan fingerprint density at radius 3 is 2.52 bits per heavy atom. The maximum atomic E-state index is 12.8. The second-order valence-electron chi connectivity index (χ2n) is 7.97. The van der Waals surface area contributed by atoms with E-state index in [1.807, 2.05) is 6.92 Å². The molecule has 0 radical (unpaired) electrons. The highest BCUT2D eigenvalue weighted by molar-refractivity contribution is 7.20. The van der Waals surface area contributed by atoms with Crippen LogP contribution in [0, 0.1) is 6.92 Å². The van der Waals surface area contributed by atoms with Crippen molar-refractivity contribution in [3.63, 3.8) is 0 Å². The third-order valence-corrected chi connectivity index (χ3v) is 7.18. The number of nitrogens with zero attached hydrogens (tertiary/aromatic N) is 3. The van der Waals surface area contributed by atoms with Crippen molar-refractivity contribution in [3.05, 3.63) is 41.0 Å². The summed E-state index contributed by atoms with van der Waals surface area (Å²) in [5.74, 6) is 0.480. The summed E-state index contributed by atoms with van der Waals surface area (Å²) in [5.41, 5.74) is 3.03. The molecule has 1 saturated carbocycles. The number of ether oxygens (including phenoxy) is 1. The molecule has 1 aliphatic rings. The monoisotopic (exact) mass is 438 g/mol. The molecule has 1 fully saturated rings. The van der Waals surface area contributed by atoms with Gasteiger partial charge in [-0.15, -0.1) is 11.3 Å². The Labute approximate surface area is 187 Å². The van der Waals surface area contributed by atoms with Crippen LogP contribution in [0.15, 0.2) is 30.6 Å². The molecule has 31 heavy (non-hydrogen) atoms. The molecule has 0 spiro atoms. The first kappa shape index (κ1) is 21.6. The highest BCUT2D eigenvalue weighted by Gasteiger charge is 2.24. The zero-order valence-corrected chi connectivity index (χ0v) is 19.3. The molecule has 1 aliphatic carbocycles. The van der Waals surface area contributed by atoms with Gasteiger partial charge in [0, 0.05) is 24.5 Å². The molecule has 0 aliphatic heterocycles. The van der Waals surface area contributed by atoms with Gasteiger partial charge in [-0.3, -0.25) is 0 Å². The lowest BCUT2D eigenvalue weighted by Crippen LogP contribution is -2.21. The van der Waals surface area contributed by atoms with Gasteiger partial charge >= 0.3 is 5.97 Å². The van der Waals surface area contributed by atoms with E-state index < -0.39 is 0 Å². The fourth-order valence-electron chi connectivity index (χ4n) is 4.23. The number of aromatic nitrogens is 2. The lowest BCUT2D eigenvalue weighted by atomic mass is 9.98. The number of fused-ring (bicyclic) bond motifs is 1. The lowest BCUT2D eigenvalue weighted by Gasteiger charge is -2.21. The van der Waals surface area contributed by atoms with Crippen LogP contribution in [0.2, 0.25) is 0 Å². The average Bonchev–Trinajstić information content (AvgIpc) is 3.14. The summed E-state index contributed by atoms with van der Waals surface area (Å²) >= 11 is 1.39. The summed E-state index contributed by atoms with van der Waals surface area (Å²) in [4.78, 5) is 25.4. The van der Waals surface area contributed by atoms with E-state index in [2.05, 4.69) is 58.3 Å². The summed E-state index contributed by atoms with van der Waals surface area (Å²) in [6.45, 7) is 8.22. The summed E-state index contributed by atoms with van der Waals surface area (Å²) in [7, 11) is 0. The number of hydrogen-bond acceptors (Lipinski definition) is 7. The predicted octanol–water partition coefficient (Wildman–Crippen LogP) is 6.08. The minimum Gasteiger partial charge on any atom is -0.458 e. The van der Waals surface area contributed by atoms with Gasteiger partial charge in [-0.05, 0) is 76.3 Å². The van der Waals surface area contributed by atoms with Crippen molar-refractivity contribution in [1.29, 1.82) is 0 Å². The molecular weight excluding hydrogens is 408 g/mol. The number of aryl methyl sites for hydroxylation is 1. The quantitative estimate of drug-likeness (QED) is 0.451. The van der Waals surface area contributed by atoms with Gasteiger partial charge in [0.2, 0.25) is 0 Å². The van der Waals surface area contributed by atoms with Crippen molar-refractivity contribution in [1.82, 2.24) is 9.97 Å². The molecule has 0 atom stereocenters. The van der Waals surface area contributed by atoms with Gasteiger partial charge in [0.1, 0.15) is 28.0 Å². The number of thiophene rings is 1. The molecule has 2 heterocycles. The van der Waals surface area contributed by atoms with Crippen LogP contribution in [0.3, 0.4) is 0 Å². The first-order valence-electron chi connectivity index (χ1n) is 11.2. The number of esters is 1. The topological polar surface area (TPSA) is 67.3 Å². The second kappa shape index (κ2) is 9.64. The molecule has 7 heteroatoms. The molecule has 164 valence electrons. The number of anilines is 3. The molecule has 0 bridgehead atoms. The third kappa shape index (κ3) is 4.66. The van der Waals surface area contributed by atoms with Crippen molar-refractivity contribution in [2.75, 3.05) is 23.3 Å². The van der Waals surface area contributed by atoms with Crippen molar-refractivity contribution in [2.45, 2.75) is 59.0 Å². The molecule has 0 amide bonds. The van der Waals surface area contributed by atoms with Crippen LogP contribution < -0.4 is 10.2 Å². The largest absolute Gasteiger partial charge is 0.458 e. The first-order valence-corrected chi connectivity index (χ1v) is 12.0. The molecule has 1 N–H and O–H groups in total. The van der Waals surface area contributed by atoms with E-state index >= 15 is 0 Å². The molecular formula is C24H30N4O2S. The molecule has 1 aromatic carbocycles. The first-order chi connectivity index (χ1) is 15.1. The summed E-state index contributed by atoms with van der Waals surface area (Å²) in [6, 6.07) is 8.34. The zero-order valence-electron chi connectivity index (χ0n) is 18.5. The van der Waals surface area contributed by atoms with Crippen LogP contribution in [0.4, 0.5) is 17.2 Å². The lowest BCUT2D eigenvalue weighted by molar-refractivity contribution is 0.0216. The summed E-state index contributed by atoms with van der Waals surface area (Å²) in [5, 5.41) is 4.29. The standard InChI is InChI=1S/C24H30N4O2S/c1-4-28(5-2)18-13-11-17(12-14-18)27-22-20-16(3)21(31-23(20)26-15-25-22)24(29)30-19-9-7-6-8-10-19/h11-15,19H,4-10H2,1-3H3,(H,25,26,27). The van der Waals surface area contributed by atoms with Gasteiger partial charge < -0.3 is 15.0 Å². The van der Waals surface area contributed by atoms with E-state index in [9.17, 15) is 4.79 Å². The van der Waals surface area contributed by atoms with E-state index in [-0.39, 0.29) is 12.1 Å². The minimum absolute atomic E-state index is 0.0406. The van der Waals surface area contributed by atoms with Crippen molar-refractivity contribution >= 4 is 44.7 Å². The van der Waals surface area contributed by atoms with E-state index in [1.165, 1.54) is 23.4 Å². The Hall–Kier alpha value is -2.67. The Balaban J connectivity index is 1.57. The Kier molecular flexibility index (Phi) is 6.70. The fraction of sp³-hybridized carbons (Fsp3) is 0.458. The zero-order chi connectivity index (χ0) is 21.8. The maximum Gasteiger partial charge on any atom is 0.348 e. The van der Waals surface area contributed by atoms with Gasteiger partial charge in [0.05, 0.1) is 5.39 Å². The number of rotatable bonds is 7. The molecule has 0 unspecified atom stereocenters. The Morgan fingerprint density at radius 2 is 1.84 bits per heavy atom. The van der Waals surface area contributed by atoms with E-state index in [0.29, 0.717) is 10.7 Å². The van der Waals surface area contributed by atoms with Crippen LogP contribution in [0.25, 0.3) is 10.2 Å². The van der Waals surface area contributed by atoms with Gasteiger partial charge in [0.25, 0.3) is 0 Å². The van der Waals surface area contributed by atoms with Gasteiger partial charge in [-0.2, -0.15) is 0 Å². The van der Waals surface area contributed by atoms with Crippen molar-refractivity contribution in [3.8, 4) is 0 Å². The molecule has 4 rings (SSSR count). The predicted molar refractivity (Wildman–Crippen MR) is 128 cm³/mol. The fourth-order valence-corrected chi connectivity index (χ4v) is 5.26. The SMILES string of the molecule is CCN(CC)c1ccc(Nc2ncnc3sc(C(=O)OC4CCCCC4)c(C)c23)cc1. The summed E-state index contributed by atoms with van der Waals surface area (Å²) in [6.07, 6.45) is 7.01. The molecule has 3 aromatic rings. The number of carbonyl (C=O) groups excluding carboxylic acids is 1. The summed E-state index contributed by atoms with van der Waals surface area (Å²) < 4.78 is 5.80. The minimum atomic E-state index is -0.234. The molecule has 2 aromatic heterocycles. The number of hydrogen-bond donors (Lipinski definition) is 1. The Bertz CT molecular complexity index is 1040. The average molecular weight is 439 g/mol. The van der Waals surface area contributed by atoms with E-state index in [1.54, 1.807) is 6.33 Å². The normalized spacial score (nSPS) is 14.5. The van der Waals surface area contributed by atoms with E-state index in [0.717, 1.165) is 60.2 Å². The highest BCUT2D eigenvalue weighted by atomic mass is 32.1. The third-order valence-electron chi connectivity index (χ3n) is 6.00. The van der Waals surface area contributed by atoms with Crippen LogP contribution in [0.5, 0.6) is 0 Å². The Morgan fingerprint density at radius 1 is 1.13 bits per heavy atom. The van der Waals surface area contributed by atoms with Crippen LogP contribution in [-0.4, -0.2) is 35.1 Å². The highest BCUT2D eigenvalue weighted by Crippen LogP contribution is 2.35. The van der Waals surface area contributed by atoms with Gasteiger partial charge in [-0.25, -0.2) is 14.8 Å². The number of nitrogens with one attached hydrogen (secondary N) is 1. The van der Waals surface area contributed by atoms with Crippen molar-refractivity contribution < 1.29 is 9.53 Å². The van der Waals surface area contributed by atoms with Gasteiger partial charge in [0.15, 0.2) is 0 Å². The van der Waals surface area contributed by atoms with E-state index in [4.69, 9.17) is 4.74 Å². The van der Waals surface area contributed by atoms with Crippen molar-refractivity contribution in [2.24, 2.45) is 0 Å². The van der Waals surface area contributed by atoms with Gasteiger partial charge in [-0.1, -0.05) is 6.42 Å².